The van der Waals surface area contributed by atoms with E-state index in [1.54, 1.807) is 25.1 Å². The highest BCUT2D eigenvalue weighted by atomic mass is 35.5. The SMILES string of the molecule is C=N/C(=C\C=C(/C)Cl)COc1cccc(N2CCC(Cc3nc4ccc(C(=O)O)nc4n3C[C@@H]3CCO3)CC2)n1. The molecular weight excluding hydrogens is 532 g/mol. The quantitative estimate of drug-likeness (QED) is 0.259. The Morgan fingerprint density at radius 3 is 2.67 bits per heavy atom. The Hall–Kier alpha value is -3.76. The second-order valence-electron chi connectivity index (χ2n) is 10.1. The minimum atomic E-state index is -1.04. The van der Waals surface area contributed by atoms with Crippen LogP contribution < -0.4 is 9.64 Å². The van der Waals surface area contributed by atoms with E-state index in [-0.39, 0.29) is 18.4 Å². The summed E-state index contributed by atoms with van der Waals surface area (Å²) in [4.78, 5) is 31.7. The van der Waals surface area contributed by atoms with Gasteiger partial charge in [0.1, 0.15) is 23.8 Å². The number of anilines is 1. The largest absolute Gasteiger partial charge is 0.477 e. The number of carboxylic acids is 1. The number of rotatable bonds is 11. The van der Waals surface area contributed by atoms with Gasteiger partial charge in [0.25, 0.3) is 0 Å². The fourth-order valence-electron chi connectivity index (χ4n) is 4.94. The zero-order valence-electron chi connectivity index (χ0n) is 22.5. The van der Waals surface area contributed by atoms with Crippen LogP contribution in [0.25, 0.3) is 11.2 Å². The van der Waals surface area contributed by atoms with E-state index in [2.05, 4.69) is 26.2 Å². The minimum Gasteiger partial charge on any atom is -0.477 e. The number of allylic oxidation sites excluding steroid dienone is 3. The molecule has 3 aromatic heterocycles. The Bertz CT molecular complexity index is 1440. The van der Waals surface area contributed by atoms with E-state index in [1.165, 1.54) is 6.07 Å². The van der Waals surface area contributed by atoms with Crippen LogP contribution >= 0.6 is 11.6 Å². The summed E-state index contributed by atoms with van der Waals surface area (Å²) < 4.78 is 13.6. The van der Waals surface area contributed by atoms with Crippen LogP contribution in [-0.2, 0) is 17.7 Å². The number of nitrogens with zero attached hydrogens (tertiary/aromatic N) is 6. The van der Waals surface area contributed by atoms with Crippen molar-refractivity contribution in [2.24, 2.45) is 10.9 Å². The van der Waals surface area contributed by atoms with E-state index < -0.39 is 5.97 Å². The van der Waals surface area contributed by atoms with Crippen molar-refractivity contribution in [1.29, 1.82) is 0 Å². The summed E-state index contributed by atoms with van der Waals surface area (Å²) in [6.45, 7) is 8.76. The first-order valence-corrected chi connectivity index (χ1v) is 13.8. The molecule has 1 N–H and O–H groups in total. The lowest BCUT2D eigenvalue weighted by molar-refractivity contribution is -0.0591. The molecule has 3 aromatic rings. The van der Waals surface area contributed by atoms with Crippen LogP contribution in [0.2, 0.25) is 0 Å². The Balaban J connectivity index is 1.23. The maximum Gasteiger partial charge on any atom is 0.354 e. The fourth-order valence-corrected chi connectivity index (χ4v) is 5.00. The molecule has 0 bridgehead atoms. The molecule has 0 aromatic carbocycles. The maximum atomic E-state index is 11.5. The molecule has 5 rings (SSSR count). The first-order chi connectivity index (χ1) is 19.4. The standard InChI is InChI=1S/C29H33ClN6O4/c1-19(30)6-7-21(31-2)18-40-27-5-3-4-25(34-27)35-13-10-20(11-14-35)16-26-32-23-8-9-24(29(37)38)33-28(23)36(26)17-22-12-15-39-22/h3-9,20,22H,2,10-18H2,1H3,(H,37,38)/b19-6+,21-7-/t22-/m0/s1. The van der Waals surface area contributed by atoms with Crippen LogP contribution in [0.3, 0.4) is 0 Å². The molecule has 0 radical (unpaired) electrons. The number of hydrogen-bond acceptors (Lipinski definition) is 8. The number of piperidine rings is 1. The van der Waals surface area contributed by atoms with Gasteiger partial charge >= 0.3 is 5.97 Å². The molecule has 1 atom stereocenters. The zero-order valence-corrected chi connectivity index (χ0v) is 23.3. The van der Waals surface area contributed by atoms with Crippen molar-refractivity contribution >= 4 is 41.3 Å². The summed E-state index contributed by atoms with van der Waals surface area (Å²) in [7, 11) is 0. The van der Waals surface area contributed by atoms with E-state index in [0.29, 0.717) is 34.7 Å². The lowest BCUT2D eigenvalue weighted by atomic mass is 9.93. The topological polar surface area (TPSA) is 115 Å². The molecule has 2 aliphatic rings. The summed E-state index contributed by atoms with van der Waals surface area (Å²) >= 11 is 5.89. The highest BCUT2D eigenvalue weighted by Gasteiger charge is 2.26. The van der Waals surface area contributed by atoms with E-state index in [4.69, 9.17) is 31.0 Å². The molecule has 2 fully saturated rings. The van der Waals surface area contributed by atoms with E-state index >= 15 is 0 Å². The lowest BCUT2D eigenvalue weighted by Crippen LogP contribution is -2.35. The molecule has 2 aliphatic heterocycles. The zero-order chi connectivity index (χ0) is 28.1. The molecule has 0 aliphatic carbocycles. The molecule has 0 unspecified atom stereocenters. The van der Waals surface area contributed by atoms with Crippen molar-refractivity contribution in [2.45, 2.75) is 45.3 Å². The van der Waals surface area contributed by atoms with Crippen molar-refractivity contribution in [2.75, 3.05) is 31.2 Å². The molecule has 0 amide bonds. The van der Waals surface area contributed by atoms with Crippen molar-refractivity contribution in [1.82, 2.24) is 19.5 Å². The number of aliphatic imine (C=N–C) groups is 1. The second-order valence-corrected chi connectivity index (χ2v) is 10.7. The first-order valence-electron chi connectivity index (χ1n) is 13.4. The van der Waals surface area contributed by atoms with Gasteiger partial charge in [-0.2, -0.15) is 4.98 Å². The molecule has 5 heterocycles. The second kappa shape index (κ2) is 12.6. The van der Waals surface area contributed by atoms with E-state index in [0.717, 1.165) is 62.5 Å². The third-order valence-electron chi connectivity index (χ3n) is 7.27. The van der Waals surface area contributed by atoms with Crippen molar-refractivity contribution in [3.8, 4) is 5.88 Å². The van der Waals surface area contributed by atoms with Crippen LogP contribution in [0.4, 0.5) is 5.82 Å². The number of hydrogen-bond donors (Lipinski definition) is 1. The van der Waals surface area contributed by atoms with Gasteiger partial charge in [0.15, 0.2) is 11.3 Å². The maximum absolute atomic E-state index is 11.5. The van der Waals surface area contributed by atoms with Gasteiger partial charge in [-0.15, -0.1) is 0 Å². The summed E-state index contributed by atoms with van der Waals surface area (Å²) in [6, 6.07) is 9.04. The van der Waals surface area contributed by atoms with Crippen molar-refractivity contribution in [3.63, 3.8) is 0 Å². The molecule has 0 saturated carbocycles. The third-order valence-corrected chi connectivity index (χ3v) is 7.39. The Labute approximate surface area is 238 Å². The third kappa shape index (κ3) is 6.68. The highest BCUT2D eigenvalue weighted by molar-refractivity contribution is 6.29. The van der Waals surface area contributed by atoms with Crippen LogP contribution in [0.1, 0.15) is 42.5 Å². The lowest BCUT2D eigenvalue weighted by Gasteiger charge is -2.33. The number of aromatic carboxylic acids is 1. The fraction of sp³-hybridized carbons (Fsp3) is 0.414. The summed E-state index contributed by atoms with van der Waals surface area (Å²) in [5, 5.41) is 10.1. The van der Waals surface area contributed by atoms with Crippen LogP contribution in [0.15, 0.2) is 58.2 Å². The Morgan fingerprint density at radius 2 is 2.00 bits per heavy atom. The highest BCUT2D eigenvalue weighted by Crippen LogP contribution is 2.28. The number of ether oxygens (including phenoxy) is 2. The number of carboxylic acid groups (broad SMARTS) is 1. The number of halogens is 1. The van der Waals surface area contributed by atoms with Crippen LogP contribution in [0, 0.1) is 5.92 Å². The van der Waals surface area contributed by atoms with Gasteiger partial charge in [-0.25, -0.2) is 14.8 Å². The molecule has 10 nitrogen and oxygen atoms in total. The molecule has 0 spiro atoms. The number of aromatic nitrogens is 4. The van der Waals surface area contributed by atoms with Crippen LogP contribution in [0.5, 0.6) is 5.88 Å². The average molecular weight is 565 g/mol. The Kier molecular flexibility index (Phi) is 8.76. The van der Waals surface area contributed by atoms with E-state index in [1.807, 2.05) is 18.2 Å². The number of fused-ring (bicyclic) bond motifs is 1. The molecule has 210 valence electrons. The Morgan fingerprint density at radius 1 is 1.20 bits per heavy atom. The average Bonchev–Trinajstić information content (AvgIpc) is 3.27. The number of carbonyl (C=O) groups is 1. The predicted molar refractivity (Wildman–Crippen MR) is 154 cm³/mol. The summed E-state index contributed by atoms with van der Waals surface area (Å²) in [5.74, 6) is 1.74. The predicted octanol–water partition coefficient (Wildman–Crippen LogP) is 4.88. The molecule has 40 heavy (non-hydrogen) atoms. The summed E-state index contributed by atoms with van der Waals surface area (Å²) in [5.41, 5.74) is 2.02. The normalized spacial score (nSPS) is 18.6. The summed E-state index contributed by atoms with van der Waals surface area (Å²) in [6.07, 6.45) is 7.40. The smallest absolute Gasteiger partial charge is 0.354 e. The van der Waals surface area contributed by atoms with Gasteiger partial charge in [-0.3, -0.25) is 4.99 Å². The number of pyridine rings is 2. The van der Waals surface area contributed by atoms with Gasteiger partial charge in [0.05, 0.1) is 18.3 Å². The molecular formula is C29H33ClN6O4. The molecule has 2 saturated heterocycles. The van der Waals surface area contributed by atoms with Crippen molar-refractivity contribution < 1.29 is 19.4 Å². The van der Waals surface area contributed by atoms with Gasteiger partial charge in [0, 0.05) is 37.2 Å². The van der Waals surface area contributed by atoms with Crippen molar-refractivity contribution in [3.05, 3.63) is 64.7 Å². The van der Waals surface area contributed by atoms with Crippen LogP contribution in [-0.4, -0.2) is 69.7 Å². The van der Waals surface area contributed by atoms with Gasteiger partial charge in [-0.05, 0) is 69.2 Å². The minimum absolute atomic E-state index is 0.0249. The van der Waals surface area contributed by atoms with Gasteiger partial charge < -0.3 is 24.0 Å². The van der Waals surface area contributed by atoms with E-state index in [9.17, 15) is 9.90 Å². The molecule has 11 heteroatoms. The van der Waals surface area contributed by atoms with Gasteiger partial charge in [0.2, 0.25) is 5.88 Å². The monoisotopic (exact) mass is 564 g/mol. The number of imidazole rings is 1. The first kappa shape index (κ1) is 27.8. The van der Waals surface area contributed by atoms with Gasteiger partial charge in [-0.1, -0.05) is 17.7 Å².